The van der Waals surface area contributed by atoms with Gasteiger partial charge in [-0.15, -0.1) is 11.3 Å². The molecule has 5 nitrogen and oxygen atoms in total. The van der Waals surface area contributed by atoms with E-state index in [9.17, 15) is 13.2 Å². The number of rotatable bonds is 7. The second-order valence-electron chi connectivity index (χ2n) is 6.78. The van der Waals surface area contributed by atoms with Crippen LogP contribution in [0, 0.1) is 18.3 Å². The molecule has 7 heteroatoms. The van der Waals surface area contributed by atoms with Gasteiger partial charge in [-0.2, -0.15) is 0 Å². The van der Waals surface area contributed by atoms with E-state index in [-0.39, 0.29) is 23.5 Å². The fourth-order valence-electron chi connectivity index (χ4n) is 1.68. The smallest absolute Gasteiger partial charge is 0.225 e. The first-order valence-corrected chi connectivity index (χ1v) is 10.2. The second-order valence-corrected chi connectivity index (χ2v) is 10.1. The van der Waals surface area contributed by atoms with Crippen LogP contribution in [-0.2, 0) is 26.8 Å². The second kappa shape index (κ2) is 7.08. The van der Waals surface area contributed by atoms with Crippen molar-refractivity contribution < 1.29 is 13.2 Å². The number of carbonyl (C=O) groups excluding carboxylic acids is 1. The number of aromatic nitrogens is 1. The molecule has 0 spiro atoms. The Hall–Kier alpha value is -0.950. The Kier molecular flexibility index (Phi) is 6.15. The third-order valence-corrected chi connectivity index (χ3v) is 6.09. The lowest BCUT2D eigenvalue weighted by atomic mass is 9.81. The molecule has 0 aromatic carbocycles. The summed E-state index contributed by atoms with van der Waals surface area (Å²) in [5.74, 6) is 0.353. The van der Waals surface area contributed by atoms with Crippen LogP contribution in [-0.4, -0.2) is 32.1 Å². The van der Waals surface area contributed by atoms with E-state index in [1.165, 1.54) is 17.6 Å². The fourth-order valence-corrected chi connectivity index (χ4v) is 3.93. The molecular weight excluding hydrogens is 320 g/mol. The highest BCUT2D eigenvalue weighted by Gasteiger charge is 2.23. The molecule has 0 bridgehead atoms. The van der Waals surface area contributed by atoms with E-state index in [1.54, 1.807) is 0 Å². The maximum Gasteiger partial charge on any atom is 0.225 e. The summed E-state index contributed by atoms with van der Waals surface area (Å²) in [5, 5.41) is 3.51. The predicted octanol–water partition coefficient (Wildman–Crippen LogP) is 2.34. The van der Waals surface area contributed by atoms with Crippen molar-refractivity contribution in [2.24, 2.45) is 11.3 Å². The molecule has 0 aliphatic heterocycles. The van der Waals surface area contributed by atoms with Crippen LogP contribution >= 0.6 is 11.3 Å². The number of hydrogen-bond acceptors (Lipinski definition) is 5. The van der Waals surface area contributed by atoms with E-state index >= 15 is 0 Å². The van der Waals surface area contributed by atoms with Gasteiger partial charge in [0, 0.05) is 17.7 Å². The number of nitrogens with zero attached hydrogens (tertiary/aromatic N) is 1. The first-order chi connectivity index (χ1) is 9.90. The van der Waals surface area contributed by atoms with Crippen molar-refractivity contribution >= 4 is 27.1 Å². The molecule has 0 aliphatic carbocycles. The molecule has 1 rings (SSSR count). The van der Waals surface area contributed by atoms with Crippen molar-refractivity contribution in [3.8, 4) is 0 Å². The summed E-state index contributed by atoms with van der Waals surface area (Å²) in [6, 6.07) is 0. The first kappa shape index (κ1) is 19.1. The number of sulfone groups is 1. The van der Waals surface area contributed by atoms with Gasteiger partial charge in [-0.3, -0.25) is 4.79 Å². The van der Waals surface area contributed by atoms with E-state index in [1.807, 2.05) is 6.92 Å². The zero-order valence-corrected chi connectivity index (χ0v) is 15.8. The summed E-state index contributed by atoms with van der Waals surface area (Å²) in [7, 11) is -3.10. The average Bonchev–Trinajstić information content (AvgIpc) is 2.64. The van der Waals surface area contributed by atoms with Crippen LogP contribution in [0.2, 0.25) is 0 Å². The number of amides is 1. The van der Waals surface area contributed by atoms with Gasteiger partial charge in [-0.05, 0) is 18.3 Å². The Morgan fingerprint density at radius 3 is 2.45 bits per heavy atom. The molecule has 1 amide bonds. The van der Waals surface area contributed by atoms with Gasteiger partial charge < -0.3 is 5.32 Å². The molecule has 126 valence electrons. The third kappa shape index (κ3) is 6.04. The van der Waals surface area contributed by atoms with E-state index in [4.69, 9.17) is 0 Å². The first-order valence-electron chi connectivity index (χ1n) is 7.30. The number of carbonyl (C=O) groups is 1. The number of hydrogen-bond donors (Lipinski definition) is 1. The zero-order valence-electron chi connectivity index (χ0n) is 14.2. The summed E-state index contributed by atoms with van der Waals surface area (Å²) in [4.78, 5) is 17.2. The molecule has 22 heavy (non-hydrogen) atoms. The Labute approximate surface area is 137 Å². The number of aryl methyl sites for hydroxylation is 1. The summed E-state index contributed by atoms with van der Waals surface area (Å²) in [6.07, 6.45) is 1.44. The van der Waals surface area contributed by atoms with Crippen LogP contribution < -0.4 is 5.32 Å². The monoisotopic (exact) mass is 346 g/mol. The number of thiazole rings is 1. The molecule has 1 aromatic heterocycles. The van der Waals surface area contributed by atoms with Crippen molar-refractivity contribution in [1.82, 2.24) is 10.3 Å². The molecule has 0 fully saturated rings. The third-order valence-electron chi connectivity index (χ3n) is 3.95. The van der Waals surface area contributed by atoms with Crippen LogP contribution in [0.1, 0.15) is 43.3 Å². The standard InChI is InChI=1S/C15H26N2O3S2/c1-10(2)15(4,5)9-16-13(18)7-12-11(3)17-14(21-12)8-22(6,19)20/h10H,7-9H2,1-6H3,(H,16,18). The van der Waals surface area contributed by atoms with Crippen molar-refractivity contribution in [3.05, 3.63) is 15.6 Å². The largest absolute Gasteiger partial charge is 0.355 e. The summed E-state index contributed by atoms with van der Waals surface area (Å²) >= 11 is 1.30. The van der Waals surface area contributed by atoms with Crippen molar-refractivity contribution in [1.29, 1.82) is 0 Å². The Balaban J connectivity index is 2.66. The minimum Gasteiger partial charge on any atom is -0.355 e. The van der Waals surface area contributed by atoms with Gasteiger partial charge in [0.25, 0.3) is 0 Å². The lowest BCUT2D eigenvalue weighted by molar-refractivity contribution is -0.121. The SMILES string of the molecule is Cc1nc(CS(C)(=O)=O)sc1CC(=O)NCC(C)(C)C(C)C. The fraction of sp³-hybridized carbons (Fsp3) is 0.733. The van der Waals surface area contributed by atoms with Crippen LogP contribution in [0.4, 0.5) is 0 Å². The molecule has 0 saturated carbocycles. The van der Waals surface area contributed by atoms with Gasteiger partial charge in [-0.25, -0.2) is 13.4 Å². The number of nitrogens with one attached hydrogen (secondary N) is 1. The van der Waals surface area contributed by atoms with Gasteiger partial charge >= 0.3 is 0 Å². The molecule has 1 aromatic rings. The van der Waals surface area contributed by atoms with Crippen molar-refractivity contribution in [3.63, 3.8) is 0 Å². The molecule has 1 heterocycles. The molecule has 1 N–H and O–H groups in total. The van der Waals surface area contributed by atoms with Gasteiger partial charge in [0.1, 0.15) is 10.8 Å². The Bertz CT molecular complexity index is 631. The summed E-state index contributed by atoms with van der Waals surface area (Å²) in [5.41, 5.74) is 0.779. The Morgan fingerprint density at radius 1 is 1.36 bits per heavy atom. The molecule has 0 aliphatic rings. The topological polar surface area (TPSA) is 76.1 Å². The van der Waals surface area contributed by atoms with E-state index in [2.05, 4.69) is 38.0 Å². The van der Waals surface area contributed by atoms with Crippen LogP contribution in [0.25, 0.3) is 0 Å². The van der Waals surface area contributed by atoms with E-state index < -0.39 is 9.84 Å². The maximum atomic E-state index is 12.1. The highest BCUT2D eigenvalue weighted by atomic mass is 32.2. The van der Waals surface area contributed by atoms with Gasteiger partial charge in [0.15, 0.2) is 9.84 Å². The highest BCUT2D eigenvalue weighted by molar-refractivity contribution is 7.90. The molecule has 0 atom stereocenters. The lowest BCUT2D eigenvalue weighted by Gasteiger charge is -2.29. The van der Waals surface area contributed by atoms with Crippen LogP contribution in [0.15, 0.2) is 0 Å². The molecule has 0 radical (unpaired) electrons. The van der Waals surface area contributed by atoms with Crippen molar-refractivity contribution in [2.45, 2.75) is 46.8 Å². The normalized spacial score (nSPS) is 12.7. The zero-order chi connectivity index (χ0) is 17.1. The van der Waals surface area contributed by atoms with Crippen molar-refractivity contribution in [2.75, 3.05) is 12.8 Å². The minimum absolute atomic E-state index is 0.0415. The highest BCUT2D eigenvalue weighted by Crippen LogP contribution is 2.25. The van der Waals surface area contributed by atoms with Gasteiger partial charge in [0.05, 0.1) is 12.1 Å². The quantitative estimate of drug-likeness (QED) is 0.822. The molecular formula is C15H26N2O3S2. The molecule has 0 saturated heterocycles. The summed E-state index contributed by atoms with van der Waals surface area (Å²) < 4.78 is 22.6. The van der Waals surface area contributed by atoms with Crippen LogP contribution in [0.5, 0.6) is 0 Å². The molecule has 0 unspecified atom stereocenters. The Morgan fingerprint density at radius 2 is 1.95 bits per heavy atom. The van der Waals surface area contributed by atoms with E-state index in [0.717, 1.165) is 10.6 Å². The van der Waals surface area contributed by atoms with E-state index in [0.29, 0.717) is 17.5 Å². The van der Waals surface area contributed by atoms with Crippen LogP contribution in [0.3, 0.4) is 0 Å². The predicted molar refractivity (Wildman–Crippen MR) is 90.7 cm³/mol. The van der Waals surface area contributed by atoms with Gasteiger partial charge in [-0.1, -0.05) is 27.7 Å². The summed E-state index contributed by atoms with van der Waals surface area (Å²) in [6.45, 7) is 11.0. The van der Waals surface area contributed by atoms with Gasteiger partial charge in [0.2, 0.25) is 5.91 Å². The lowest BCUT2D eigenvalue weighted by Crippen LogP contribution is -2.37. The average molecular weight is 347 g/mol. The minimum atomic E-state index is -3.10. The maximum absolute atomic E-state index is 12.1.